The number of benzene rings is 1. The van der Waals surface area contributed by atoms with Crippen LogP contribution in [0.15, 0.2) is 53.3 Å². The van der Waals surface area contributed by atoms with Gasteiger partial charge in [0.15, 0.2) is 5.76 Å². The molecule has 0 aliphatic heterocycles. The van der Waals surface area contributed by atoms with Gasteiger partial charge in [-0.1, -0.05) is 12.1 Å². The largest absolute Gasteiger partial charge is 0.459 e. The SMILES string of the molecule is Nc1ncc(CNc2ccc(CCNC(=O)c3ccco3)cc2)c(N)n1. The van der Waals surface area contributed by atoms with E-state index < -0.39 is 0 Å². The number of carbonyl (C=O) groups is 1. The number of anilines is 3. The number of amides is 1. The van der Waals surface area contributed by atoms with Crippen molar-refractivity contribution in [3.63, 3.8) is 0 Å². The van der Waals surface area contributed by atoms with Crippen molar-refractivity contribution in [2.45, 2.75) is 13.0 Å². The van der Waals surface area contributed by atoms with E-state index in [1.165, 1.54) is 6.26 Å². The van der Waals surface area contributed by atoms with Gasteiger partial charge in [0.2, 0.25) is 5.95 Å². The molecule has 8 heteroatoms. The van der Waals surface area contributed by atoms with Gasteiger partial charge in [0.1, 0.15) is 5.82 Å². The summed E-state index contributed by atoms with van der Waals surface area (Å²) in [5.74, 6) is 0.635. The van der Waals surface area contributed by atoms with Crippen LogP contribution in [0.1, 0.15) is 21.7 Å². The van der Waals surface area contributed by atoms with Crippen molar-refractivity contribution in [1.82, 2.24) is 15.3 Å². The molecule has 0 saturated carbocycles. The fourth-order valence-electron chi connectivity index (χ4n) is 2.37. The van der Waals surface area contributed by atoms with Crippen molar-refractivity contribution in [3.05, 3.63) is 65.7 Å². The average molecular weight is 352 g/mol. The first-order chi connectivity index (χ1) is 12.6. The summed E-state index contributed by atoms with van der Waals surface area (Å²) in [6, 6.07) is 11.3. The molecule has 134 valence electrons. The summed E-state index contributed by atoms with van der Waals surface area (Å²) >= 11 is 0. The minimum atomic E-state index is -0.211. The van der Waals surface area contributed by atoms with Gasteiger partial charge in [-0.05, 0) is 36.2 Å². The minimum absolute atomic E-state index is 0.162. The van der Waals surface area contributed by atoms with Crippen molar-refractivity contribution in [2.75, 3.05) is 23.3 Å². The van der Waals surface area contributed by atoms with Gasteiger partial charge in [-0.2, -0.15) is 4.98 Å². The van der Waals surface area contributed by atoms with E-state index in [4.69, 9.17) is 15.9 Å². The summed E-state index contributed by atoms with van der Waals surface area (Å²) in [5, 5.41) is 6.08. The number of nitrogen functional groups attached to an aromatic ring is 2. The van der Waals surface area contributed by atoms with Gasteiger partial charge in [-0.3, -0.25) is 4.79 Å². The minimum Gasteiger partial charge on any atom is -0.459 e. The lowest BCUT2D eigenvalue weighted by molar-refractivity contribution is 0.0926. The highest BCUT2D eigenvalue weighted by atomic mass is 16.3. The van der Waals surface area contributed by atoms with Crippen molar-refractivity contribution in [3.8, 4) is 0 Å². The number of hydrogen-bond donors (Lipinski definition) is 4. The Bertz CT molecular complexity index is 862. The molecule has 2 heterocycles. The van der Waals surface area contributed by atoms with Crippen LogP contribution < -0.4 is 22.1 Å². The maximum absolute atomic E-state index is 11.8. The predicted octanol–water partition coefficient (Wildman–Crippen LogP) is 1.82. The maximum atomic E-state index is 11.8. The lowest BCUT2D eigenvalue weighted by Gasteiger charge is -2.09. The lowest BCUT2D eigenvalue weighted by Crippen LogP contribution is -2.25. The van der Waals surface area contributed by atoms with Crippen LogP contribution in [0.4, 0.5) is 17.5 Å². The first-order valence-corrected chi connectivity index (χ1v) is 8.13. The van der Waals surface area contributed by atoms with Crippen LogP contribution >= 0.6 is 0 Å². The molecule has 0 saturated heterocycles. The second-order valence-corrected chi connectivity index (χ2v) is 5.67. The summed E-state index contributed by atoms with van der Waals surface area (Å²) in [6.45, 7) is 1.04. The normalized spacial score (nSPS) is 10.5. The van der Waals surface area contributed by atoms with Crippen LogP contribution in [-0.4, -0.2) is 22.4 Å². The molecule has 3 aromatic rings. The Morgan fingerprint density at radius 3 is 2.65 bits per heavy atom. The van der Waals surface area contributed by atoms with Crippen LogP contribution in [0.5, 0.6) is 0 Å². The van der Waals surface area contributed by atoms with Gasteiger partial charge in [-0.25, -0.2) is 4.98 Å². The molecule has 0 unspecified atom stereocenters. The van der Waals surface area contributed by atoms with Crippen molar-refractivity contribution >= 4 is 23.4 Å². The van der Waals surface area contributed by atoms with E-state index in [9.17, 15) is 4.79 Å². The molecule has 2 aromatic heterocycles. The third kappa shape index (κ3) is 4.50. The summed E-state index contributed by atoms with van der Waals surface area (Å²) in [6.07, 6.45) is 3.82. The smallest absolute Gasteiger partial charge is 0.286 e. The van der Waals surface area contributed by atoms with Crippen LogP contribution in [0.2, 0.25) is 0 Å². The van der Waals surface area contributed by atoms with E-state index in [1.807, 2.05) is 24.3 Å². The lowest BCUT2D eigenvalue weighted by atomic mass is 10.1. The highest BCUT2D eigenvalue weighted by Crippen LogP contribution is 2.14. The zero-order valence-electron chi connectivity index (χ0n) is 14.1. The first kappa shape index (κ1) is 17.3. The number of aromatic nitrogens is 2. The van der Waals surface area contributed by atoms with Gasteiger partial charge in [-0.15, -0.1) is 0 Å². The second kappa shape index (κ2) is 8.02. The number of furan rings is 1. The molecule has 1 amide bonds. The summed E-state index contributed by atoms with van der Waals surface area (Å²) in [5.41, 5.74) is 14.1. The molecule has 0 atom stereocenters. The maximum Gasteiger partial charge on any atom is 0.286 e. The highest BCUT2D eigenvalue weighted by Gasteiger charge is 2.07. The van der Waals surface area contributed by atoms with Gasteiger partial charge >= 0.3 is 0 Å². The number of rotatable bonds is 7. The summed E-state index contributed by atoms with van der Waals surface area (Å²) in [4.78, 5) is 19.6. The summed E-state index contributed by atoms with van der Waals surface area (Å²) in [7, 11) is 0. The van der Waals surface area contributed by atoms with Crippen LogP contribution in [0.25, 0.3) is 0 Å². The van der Waals surface area contributed by atoms with E-state index in [1.54, 1.807) is 18.3 Å². The monoisotopic (exact) mass is 352 g/mol. The molecule has 0 radical (unpaired) electrons. The number of carbonyl (C=O) groups excluding carboxylic acids is 1. The molecule has 0 spiro atoms. The van der Waals surface area contributed by atoms with Crippen molar-refractivity contribution < 1.29 is 9.21 Å². The molecule has 0 aliphatic rings. The Morgan fingerprint density at radius 1 is 1.15 bits per heavy atom. The Balaban J connectivity index is 1.46. The van der Waals surface area contributed by atoms with E-state index in [2.05, 4.69) is 20.6 Å². The molecule has 1 aromatic carbocycles. The zero-order valence-corrected chi connectivity index (χ0v) is 14.1. The molecule has 3 rings (SSSR count). The molecule has 6 N–H and O–H groups in total. The Labute approximate surface area is 150 Å². The van der Waals surface area contributed by atoms with Crippen LogP contribution in [0.3, 0.4) is 0 Å². The number of nitrogens with zero attached hydrogens (tertiary/aromatic N) is 2. The molecule has 8 nitrogen and oxygen atoms in total. The molecule has 26 heavy (non-hydrogen) atoms. The average Bonchev–Trinajstić information content (AvgIpc) is 3.17. The quantitative estimate of drug-likeness (QED) is 0.510. The third-order valence-electron chi connectivity index (χ3n) is 3.80. The fraction of sp³-hybridized carbons (Fsp3) is 0.167. The van der Waals surface area contributed by atoms with E-state index >= 15 is 0 Å². The zero-order chi connectivity index (χ0) is 18.4. The Kier molecular flexibility index (Phi) is 5.33. The van der Waals surface area contributed by atoms with Crippen LogP contribution in [0, 0.1) is 0 Å². The van der Waals surface area contributed by atoms with Gasteiger partial charge < -0.3 is 26.5 Å². The first-order valence-electron chi connectivity index (χ1n) is 8.13. The molecule has 0 fully saturated rings. The Hall–Kier alpha value is -3.55. The van der Waals surface area contributed by atoms with E-state index in [0.29, 0.717) is 24.7 Å². The molecular weight excluding hydrogens is 332 g/mol. The van der Waals surface area contributed by atoms with Crippen molar-refractivity contribution in [2.24, 2.45) is 0 Å². The van der Waals surface area contributed by atoms with Crippen molar-refractivity contribution in [1.29, 1.82) is 0 Å². The van der Waals surface area contributed by atoms with Gasteiger partial charge in [0, 0.05) is 30.5 Å². The number of nitrogens with one attached hydrogen (secondary N) is 2. The van der Waals surface area contributed by atoms with Gasteiger partial charge in [0.05, 0.1) is 6.26 Å². The van der Waals surface area contributed by atoms with Crippen LogP contribution in [-0.2, 0) is 13.0 Å². The number of hydrogen-bond acceptors (Lipinski definition) is 7. The molecule has 0 bridgehead atoms. The molecular formula is C18H20N6O2. The van der Waals surface area contributed by atoms with E-state index in [-0.39, 0.29) is 11.9 Å². The highest BCUT2D eigenvalue weighted by molar-refractivity contribution is 5.91. The predicted molar refractivity (Wildman–Crippen MR) is 99.4 cm³/mol. The summed E-state index contributed by atoms with van der Waals surface area (Å²) < 4.78 is 5.05. The second-order valence-electron chi connectivity index (χ2n) is 5.67. The standard InChI is InChI=1S/C18H20N6O2/c19-16-13(11-23-18(20)24-16)10-22-14-5-3-12(4-6-14)7-8-21-17(25)15-2-1-9-26-15/h1-6,9,11,22H,7-8,10H2,(H,21,25)(H4,19,20,23,24). The molecule has 0 aliphatic carbocycles. The Morgan fingerprint density at radius 2 is 1.96 bits per heavy atom. The topological polar surface area (TPSA) is 132 Å². The van der Waals surface area contributed by atoms with E-state index in [0.717, 1.165) is 23.2 Å². The number of nitrogens with two attached hydrogens (primary N) is 2. The fourth-order valence-corrected chi connectivity index (χ4v) is 2.37. The van der Waals surface area contributed by atoms with Gasteiger partial charge in [0.25, 0.3) is 5.91 Å². The third-order valence-corrected chi connectivity index (χ3v) is 3.80.